The van der Waals surface area contributed by atoms with Crippen molar-refractivity contribution in [1.29, 1.82) is 0 Å². The standard InChI is InChI=1S/C25H36N4/c1-5-6-16-24(26-3)28(4)25-17-10-14-22(27-25)23-15-11-18-29(23)20(2)19-21-12-8-7-9-13-21/h5-6,10,14,16-17,21,23H,2-3,7-9,11-13,15,18-19H2,1,4H3/b6-5-,24-16+/t23-/m0/s1. The highest BCUT2D eigenvalue weighted by molar-refractivity contribution is 5.48. The van der Waals surface area contributed by atoms with Crippen LogP contribution in [0.5, 0.6) is 0 Å². The van der Waals surface area contributed by atoms with E-state index < -0.39 is 0 Å². The van der Waals surface area contributed by atoms with Crippen molar-refractivity contribution in [2.24, 2.45) is 10.9 Å². The Morgan fingerprint density at radius 3 is 2.76 bits per heavy atom. The second-order valence-corrected chi connectivity index (χ2v) is 8.31. The first-order valence-electron chi connectivity index (χ1n) is 11.1. The number of nitrogens with zero attached hydrogens (tertiary/aromatic N) is 4. The van der Waals surface area contributed by atoms with Gasteiger partial charge >= 0.3 is 0 Å². The number of anilines is 1. The van der Waals surface area contributed by atoms with Gasteiger partial charge < -0.3 is 9.80 Å². The quantitative estimate of drug-likeness (QED) is 0.387. The molecule has 29 heavy (non-hydrogen) atoms. The molecule has 1 aliphatic carbocycles. The molecule has 0 bridgehead atoms. The van der Waals surface area contributed by atoms with E-state index in [0.717, 1.165) is 42.6 Å². The number of hydrogen-bond donors (Lipinski definition) is 0. The number of aliphatic imine (C=N–C) groups is 1. The Bertz CT molecular complexity index is 758. The molecule has 3 rings (SSSR count). The Balaban J connectivity index is 1.74. The zero-order valence-corrected chi connectivity index (χ0v) is 18.2. The van der Waals surface area contributed by atoms with Crippen molar-refractivity contribution < 1.29 is 0 Å². The SMILES string of the molecule is C=N/C(=C\C=C/C)N(C)c1cccc([C@@H]2CCCN2C(=C)CC2CCCCC2)n1. The van der Waals surface area contributed by atoms with Crippen molar-refractivity contribution >= 4 is 12.5 Å². The summed E-state index contributed by atoms with van der Waals surface area (Å²) < 4.78 is 0. The molecule has 2 fully saturated rings. The molecule has 0 aromatic carbocycles. The highest BCUT2D eigenvalue weighted by Crippen LogP contribution is 2.38. The van der Waals surface area contributed by atoms with Gasteiger partial charge in [-0.15, -0.1) is 0 Å². The van der Waals surface area contributed by atoms with Crippen LogP contribution >= 0.6 is 0 Å². The van der Waals surface area contributed by atoms with Crippen molar-refractivity contribution in [1.82, 2.24) is 9.88 Å². The first-order valence-corrected chi connectivity index (χ1v) is 11.1. The number of pyridine rings is 1. The summed E-state index contributed by atoms with van der Waals surface area (Å²) in [6.45, 7) is 11.3. The molecule has 0 spiro atoms. The molecule has 4 heteroatoms. The molecule has 1 saturated heterocycles. The van der Waals surface area contributed by atoms with Crippen LogP contribution in [0.3, 0.4) is 0 Å². The van der Waals surface area contributed by atoms with Gasteiger partial charge in [0.1, 0.15) is 11.6 Å². The first kappa shape index (κ1) is 21.4. The molecule has 1 saturated carbocycles. The number of allylic oxidation sites excluding steroid dienone is 4. The van der Waals surface area contributed by atoms with Gasteiger partial charge in [0, 0.05) is 19.3 Å². The Kier molecular flexibility index (Phi) is 7.68. The van der Waals surface area contributed by atoms with E-state index in [0.29, 0.717) is 6.04 Å². The molecule has 2 heterocycles. The fraction of sp³-hybridized carbons (Fsp3) is 0.520. The van der Waals surface area contributed by atoms with Crippen LogP contribution in [0.2, 0.25) is 0 Å². The van der Waals surface area contributed by atoms with E-state index in [-0.39, 0.29) is 0 Å². The molecule has 0 N–H and O–H groups in total. The molecule has 1 aliphatic heterocycles. The van der Waals surface area contributed by atoms with Crippen molar-refractivity contribution in [3.63, 3.8) is 0 Å². The molecule has 0 amide bonds. The van der Waals surface area contributed by atoms with E-state index in [1.54, 1.807) is 0 Å². The van der Waals surface area contributed by atoms with Crippen molar-refractivity contribution in [3.8, 4) is 0 Å². The summed E-state index contributed by atoms with van der Waals surface area (Å²) in [7, 11) is 1.99. The van der Waals surface area contributed by atoms with Gasteiger partial charge in [-0.3, -0.25) is 0 Å². The molecular weight excluding hydrogens is 356 g/mol. The third kappa shape index (κ3) is 5.37. The third-order valence-corrected chi connectivity index (χ3v) is 6.29. The summed E-state index contributed by atoms with van der Waals surface area (Å²) in [5.41, 5.74) is 2.44. The minimum atomic E-state index is 0.332. The van der Waals surface area contributed by atoms with Crippen LogP contribution in [-0.4, -0.2) is 30.2 Å². The number of rotatable bonds is 8. The van der Waals surface area contributed by atoms with Crippen LogP contribution in [0.25, 0.3) is 0 Å². The Morgan fingerprint density at radius 1 is 1.24 bits per heavy atom. The molecule has 0 unspecified atom stereocenters. The van der Waals surface area contributed by atoms with Gasteiger partial charge in [0.2, 0.25) is 0 Å². The summed E-state index contributed by atoms with van der Waals surface area (Å²) in [6.07, 6.45) is 16.3. The number of aromatic nitrogens is 1. The predicted molar refractivity (Wildman–Crippen MR) is 124 cm³/mol. The molecule has 1 atom stereocenters. The fourth-order valence-corrected chi connectivity index (χ4v) is 4.68. The van der Waals surface area contributed by atoms with E-state index in [1.807, 2.05) is 43.2 Å². The smallest absolute Gasteiger partial charge is 0.134 e. The van der Waals surface area contributed by atoms with Crippen LogP contribution < -0.4 is 4.90 Å². The normalized spacial score (nSPS) is 21.0. The van der Waals surface area contributed by atoms with Gasteiger partial charge in [-0.05, 0) is 57.0 Å². The van der Waals surface area contributed by atoms with Gasteiger partial charge in [-0.1, -0.05) is 56.9 Å². The van der Waals surface area contributed by atoms with E-state index in [2.05, 4.69) is 35.3 Å². The van der Waals surface area contributed by atoms with Crippen molar-refractivity contribution in [3.05, 3.63) is 60.2 Å². The molecule has 1 aromatic rings. The van der Waals surface area contributed by atoms with Crippen LogP contribution in [0.4, 0.5) is 5.82 Å². The lowest BCUT2D eigenvalue weighted by Crippen LogP contribution is -2.25. The monoisotopic (exact) mass is 392 g/mol. The summed E-state index contributed by atoms with van der Waals surface area (Å²) in [6, 6.07) is 6.63. The summed E-state index contributed by atoms with van der Waals surface area (Å²) in [4.78, 5) is 13.7. The van der Waals surface area contributed by atoms with Gasteiger partial charge in [0.05, 0.1) is 11.7 Å². The topological polar surface area (TPSA) is 31.7 Å². The fourth-order valence-electron chi connectivity index (χ4n) is 4.68. The summed E-state index contributed by atoms with van der Waals surface area (Å²) >= 11 is 0. The minimum absolute atomic E-state index is 0.332. The highest BCUT2D eigenvalue weighted by Gasteiger charge is 2.29. The molecule has 2 aliphatic rings. The lowest BCUT2D eigenvalue weighted by molar-refractivity contribution is 0.273. The molecule has 0 radical (unpaired) electrons. The summed E-state index contributed by atoms with van der Waals surface area (Å²) in [5.74, 6) is 2.51. The zero-order valence-electron chi connectivity index (χ0n) is 18.2. The van der Waals surface area contributed by atoms with E-state index in [9.17, 15) is 0 Å². The maximum atomic E-state index is 5.00. The Hall–Kier alpha value is -2.36. The first-order chi connectivity index (χ1) is 14.1. The average molecular weight is 393 g/mol. The van der Waals surface area contributed by atoms with Crippen LogP contribution in [0.15, 0.2) is 59.5 Å². The van der Waals surface area contributed by atoms with Crippen LogP contribution in [-0.2, 0) is 0 Å². The lowest BCUT2D eigenvalue weighted by atomic mass is 9.86. The largest absolute Gasteiger partial charge is 0.367 e. The molecular formula is C25H36N4. The second-order valence-electron chi connectivity index (χ2n) is 8.31. The maximum Gasteiger partial charge on any atom is 0.134 e. The number of hydrogen-bond acceptors (Lipinski definition) is 4. The summed E-state index contributed by atoms with van der Waals surface area (Å²) in [5, 5.41) is 0. The van der Waals surface area contributed by atoms with E-state index in [1.165, 1.54) is 44.2 Å². The van der Waals surface area contributed by atoms with Gasteiger partial charge in [0.15, 0.2) is 0 Å². The van der Waals surface area contributed by atoms with Gasteiger partial charge in [0.25, 0.3) is 0 Å². The zero-order chi connectivity index (χ0) is 20.6. The van der Waals surface area contributed by atoms with E-state index >= 15 is 0 Å². The average Bonchev–Trinajstić information content (AvgIpc) is 3.25. The second kappa shape index (κ2) is 10.4. The number of likely N-dealkylation sites (tertiary alicyclic amines) is 1. The Labute approximate surface area is 176 Å². The van der Waals surface area contributed by atoms with Crippen LogP contribution in [0, 0.1) is 5.92 Å². The van der Waals surface area contributed by atoms with Crippen LogP contribution in [0.1, 0.15) is 70.0 Å². The van der Waals surface area contributed by atoms with Crippen molar-refractivity contribution in [2.75, 3.05) is 18.5 Å². The molecule has 1 aromatic heterocycles. The lowest BCUT2D eigenvalue weighted by Gasteiger charge is -2.32. The van der Waals surface area contributed by atoms with E-state index in [4.69, 9.17) is 4.98 Å². The molecule has 4 nitrogen and oxygen atoms in total. The van der Waals surface area contributed by atoms with Gasteiger partial charge in [-0.2, -0.15) is 0 Å². The van der Waals surface area contributed by atoms with Gasteiger partial charge in [-0.25, -0.2) is 9.98 Å². The highest BCUT2D eigenvalue weighted by atomic mass is 15.2. The third-order valence-electron chi connectivity index (χ3n) is 6.29. The molecule has 156 valence electrons. The maximum absolute atomic E-state index is 5.00. The minimum Gasteiger partial charge on any atom is -0.367 e. The Morgan fingerprint density at radius 2 is 2.03 bits per heavy atom. The van der Waals surface area contributed by atoms with Crippen molar-refractivity contribution in [2.45, 2.75) is 64.3 Å². The predicted octanol–water partition coefficient (Wildman–Crippen LogP) is 6.26.